The summed E-state index contributed by atoms with van der Waals surface area (Å²) in [6, 6.07) is 9.65. The van der Waals surface area contributed by atoms with Gasteiger partial charge in [-0.25, -0.2) is 13.6 Å². The first-order valence-corrected chi connectivity index (χ1v) is 14.0. The van der Waals surface area contributed by atoms with Crippen LogP contribution in [0, 0.1) is 17.0 Å². The second-order valence-corrected chi connectivity index (χ2v) is 11.4. The summed E-state index contributed by atoms with van der Waals surface area (Å²) in [5, 5.41) is 14.0. The summed E-state index contributed by atoms with van der Waals surface area (Å²) < 4.78 is 31.2. The summed E-state index contributed by atoms with van der Waals surface area (Å²) in [6.45, 7) is 7.28. The Morgan fingerprint density at radius 2 is 1.95 bits per heavy atom. The number of aryl methyl sites for hydroxylation is 1. The second kappa shape index (κ2) is 12.9. The third-order valence-corrected chi connectivity index (χ3v) is 7.00. The summed E-state index contributed by atoms with van der Waals surface area (Å²) in [5.74, 6) is -0.602. The van der Waals surface area contributed by atoms with Crippen molar-refractivity contribution in [3.8, 4) is 16.9 Å². The zero-order chi connectivity index (χ0) is 29.7. The molecule has 2 aromatic heterocycles. The van der Waals surface area contributed by atoms with Crippen LogP contribution in [-0.4, -0.2) is 39.0 Å². The van der Waals surface area contributed by atoms with Crippen molar-refractivity contribution in [3.63, 3.8) is 0 Å². The fourth-order valence-electron chi connectivity index (χ4n) is 4.60. The maximum atomic E-state index is 15.1. The van der Waals surface area contributed by atoms with Gasteiger partial charge in [0.25, 0.3) is 0 Å². The number of halogens is 3. The van der Waals surface area contributed by atoms with Gasteiger partial charge in [0.15, 0.2) is 5.82 Å². The van der Waals surface area contributed by atoms with Crippen molar-refractivity contribution in [2.75, 3.05) is 13.1 Å². The first-order valence-electron chi connectivity index (χ1n) is 13.6. The minimum Gasteiger partial charge on any atom is -0.374 e. The number of rotatable bonds is 12. The number of hydrogen-bond donors (Lipinski definition) is 5. The number of hydrogen-bond acceptors (Lipinski definition) is 5. The zero-order valence-electron chi connectivity index (χ0n) is 23.5. The topological polar surface area (TPSA) is 125 Å². The molecule has 8 nitrogen and oxygen atoms in total. The summed E-state index contributed by atoms with van der Waals surface area (Å²) in [5.41, 5.74) is 7.89. The molecule has 0 atom stereocenters. The minimum absolute atomic E-state index is 0.0129. The fraction of sp³-hybridized carbons (Fsp3) is 0.367. The third-order valence-electron chi connectivity index (χ3n) is 6.72. The molecule has 0 spiro atoms. The van der Waals surface area contributed by atoms with Crippen LogP contribution in [0.1, 0.15) is 51.2 Å². The Kier molecular flexibility index (Phi) is 9.57. The molecule has 0 aliphatic heterocycles. The molecule has 41 heavy (non-hydrogen) atoms. The second-order valence-electron chi connectivity index (χ2n) is 11.0. The highest BCUT2D eigenvalue weighted by Gasteiger charge is 2.17. The largest absolute Gasteiger partial charge is 0.374 e. The van der Waals surface area contributed by atoms with Gasteiger partial charge in [-0.2, -0.15) is 4.98 Å². The van der Waals surface area contributed by atoms with E-state index in [0.29, 0.717) is 59.9 Å². The van der Waals surface area contributed by atoms with Gasteiger partial charge in [-0.1, -0.05) is 17.7 Å². The highest BCUT2D eigenvalue weighted by molar-refractivity contribution is 6.31. The van der Waals surface area contributed by atoms with Gasteiger partial charge in [-0.3, -0.25) is 9.98 Å². The Morgan fingerprint density at radius 3 is 2.66 bits per heavy atom. The predicted molar refractivity (Wildman–Crippen MR) is 161 cm³/mol. The van der Waals surface area contributed by atoms with Crippen LogP contribution in [0.2, 0.25) is 5.02 Å². The Morgan fingerprint density at radius 1 is 1.17 bits per heavy atom. The summed E-state index contributed by atoms with van der Waals surface area (Å²) in [6.07, 6.45) is 4.68. The van der Waals surface area contributed by atoms with Gasteiger partial charge in [0.1, 0.15) is 11.5 Å². The molecular weight excluding hydrogens is 548 g/mol. The number of H-pyrrole nitrogens is 1. The molecule has 0 saturated carbocycles. The number of nitrogens with one attached hydrogen (secondary N) is 4. The Hall–Kier alpha value is -3.60. The van der Waals surface area contributed by atoms with E-state index in [0.717, 1.165) is 24.8 Å². The molecule has 0 radical (unpaired) electrons. The lowest BCUT2D eigenvalue weighted by molar-refractivity contribution is 0.459. The monoisotopic (exact) mass is 583 g/mol. The SMILES string of the molecule is CC(=N)NCCCNCc1ccc(-n2cc3cc(-c4cc(CCCC(C)(C)N)cc(Cl)c4F)[nH]c3nc2=O)cc1F. The van der Waals surface area contributed by atoms with Crippen molar-refractivity contribution in [1.82, 2.24) is 25.2 Å². The van der Waals surface area contributed by atoms with Crippen molar-refractivity contribution < 1.29 is 8.78 Å². The molecule has 218 valence electrons. The molecule has 2 aromatic carbocycles. The highest BCUT2D eigenvalue weighted by Crippen LogP contribution is 2.31. The number of nitrogens with two attached hydrogens (primary N) is 1. The van der Waals surface area contributed by atoms with Gasteiger partial charge < -0.3 is 21.4 Å². The highest BCUT2D eigenvalue weighted by atomic mass is 35.5. The Labute approximate surface area is 242 Å². The zero-order valence-corrected chi connectivity index (χ0v) is 24.3. The lowest BCUT2D eigenvalue weighted by Crippen LogP contribution is -2.31. The lowest BCUT2D eigenvalue weighted by Gasteiger charge is -2.18. The average molecular weight is 584 g/mol. The van der Waals surface area contributed by atoms with Crippen LogP contribution in [-0.2, 0) is 13.0 Å². The van der Waals surface area contributed by atoms with Crippen molar-refractivity contribution >= 4 is 28.5 Å². The summed E-state index contributed by atoms with van der Waals surface area (Å²) in [7, 11) is 0. The molecule has 6 N–H and O–H groups in total. The minimum atomic E-state index is -0.596. The first-order chi connectivity index (χ1) is 19.4. The Bertz CT molecular complexity index is 1610. The quantitative estimate of drug-likeness (QED) is 0.0863. The Balaban J connectivity index is 1.53. The summed E-state index contributed by atoms with van der Waals surface area (Å²) >= 11 is 6.23. The number of aromatic nitrogens is 3. The average Bonchev–Trinajstić information content (AvgIpc) is 3.30. The molecule has 0 fully saturated rings. The van der Waals surface area contributed by atoms with E-state index in [-0.39, 0.29) is 16.1 Å². The van der Waals surface area contributed by atoms with E-state index in [1.54, 1.807) is 43.5 Å². The number of benzene rings is 2. The van der Waals surface area contributed by atoms with Crippen LogP contribution in [0.5, 0.6) is 0 Å². The van der Waals surface area contributed by atoms with Gasteiger partial charge in [0, 0.05) is 41.3 Å². The molecule has 11 heteroatoms. The van der Waals surface area contributed by atoms with Gasteiger partial charge in [0.2, 0.25) is 0 Å². The summed E-state index contributed by atoms with van der Waals surface area (Å²) in [4.78, 5) is 20.0. The molecule has 0 saturated heterocycles. The van der Waals surface area contributed by atoms with Crippen LogP contribution in [0.3, 0.4) is 0 Å². The molecule has 2 heterocycles. The standard InChI is InChI=1S/C30H36ClF2N7O/c1-18(34)37-11-5-10-36-16-20-7-8-22(15-25(20)32)40-17-21-14-26(38-28(21)39-29(40)41)23-12-19(13-24(31)27(23)33)6-4-9-30(2,3)35/h7-8,12-15,17,36H,4-6,9-11,16,35H2,1-3H3,(H2,34,37)(H,38,39,41). The maximum Gasteiger partial charge on any atom is 0.354 e. The third kappa shape index (κ3) is 8.00. The molecule has 0 aliphatic rings. The van der Waals surface area contributed by atoms with Gasteiger partial charge in [0.05, 0.1) is 22.2 Å². The fourth-order valence-corrected chi connectivity index (χ4v) is 4.84. The van der Waals surface area contributed by atoms with E-state index < -0.39 is 17.3 Å². The van der Waals surface area contributed by atoms with Crippen LogP contribution in [0.4, 0.5) is 8.78 Å². The van der Waals surface area contributed by atoms with Gasteiger partial charge >= 0.3 is 5.69 Å². The normalized spacial score (nSPS) is 11.8. The first kappa shape index (κ1) is 30.4. The van der Waals surface area contributed by atoms with E-state index in [4.69, 9.17) is 22.7 Å². The van der Waals surface area contributed by atoms with Crippen LogP contribution in [0.25, 0.3) is 28.0 Å². The van der Waals surface area contributed by atoms with E-state index in [9.17, 15) is 9.18 Å². The van der Waals surface area contributed by atoms with E-state index >= 15 is 4.39 Å². The van der Waals surface area contributed by atoms with E-state index in [1.165, 1.54) is 10.6 Å². The number of aromatic amines is 1. The van der Waals surface area contributed by atoms with Crippen LogP contribution in [0.15, 0.2) is 47.4 Å². The predicted octanol–water partition coefficient (Wildman–Crippen LogP) is 5.44. The number of amidine groups is 1. The smallest absolute Gasteiger partial charge is 0.354 e. The van der Waals surface area contributed by atoms with Crippen molar-refractivity contribution in [3.05, 3.63) is 80.9 Å². The number of nitrogens with zero attached hydrogens (tertiary/aromatic N) is 2. The molecule has 4 aromatic rings. The molecular formula is C30H36ClF2N7O. The molecule has 0 aliphatic carbocycles. The molecule has 0 amide bonds. The van der Waals surface area contributed by atoms with Gasteiger partial charge in [-0.05, 0) is 88.9 Å². The molecule has 0 unspecified atom stereocenters. The van der Waals surface area contributed by atoms with Crippen molar-refractivity contribution in [1.29, 1.82) is 5.41 Å². The van der Waals surface area contributed by atoms with Crippen LogP contribution >= 0.6 is 11.6 Å². The molecule has 0 bridgehead atoms. The van der Waals surface area contributed by atoms with Crippen LogP contribution < -0.4 is 22.1 Å². The van der Waals surface area contributed by atoms with E-state index in [1.807, 2.05) is 13.8 Å². The maximum absolute atomic E-state index is 15.1. The van der Waals surface area contributed by atoms with Crippen molar-refractivity contribution in [2.45, 2.75) is 58.5 Å². The van der Waals surface area contributed by atoms with Gasteiger partial charge in [-0.15, -0.1) is 0 Å². The van der Waals surface area contributed by atoms with E-state index in [2.05, 4.69) is 20.6 Å². The van der Waals surface area contributed by atoms with Crippen molar-refractivity contribution in [2.24, 2.45) is 5.73 Å². The lowest BCUT2D eigenvalue weighted by atomic mass is 9.96. The molecule has 4 rings (SSSR count). The number of fused-ring (bicyclic) bond motifs is 1.